The van der Waals surface area contributed by atoms with Crippen molar-refractivity contribution in [3.8, 4) is 46.0 Å². The van der Waals surface area contributed by atoms with E-state index in [-0.39, 0.29) is 219 Å². The molecule has 4 atom stereocenters. The van der Waals surface area contributed by atoms with E-state index in [4.69, 9.17) is 52.9 Å². The number of amides is 6. The molecule has 0 unspecified atom stereocenters. The molecule has 0 radical (unpaired) electrons. The molecule has 8 heterocycles. The van der Waals surface area contributed by atoms with Crippen LogP contribution in [0.3, 0.4) is 0 Å². The molecule has 6 amide bonds. The van der Waals surface area contributed by atoms with E-state index < -0.39 is 18.0 Å². The standard InChI is InChI=1S/C44H43N4O9.C22H23IN2O3.C22H22N2O6.CH2O3.2K.H/c1-53-37-21-31-33(45-25-29-19-27-11-5-7-13-34(27)47(29)43(31)51)23-39(37)56-17-9-4-10-18-57-40-24-36-32(22-38(40)54-2)44(52)48-30(20-28-12-6-8-14-35(28)48)26-46(36)41(49)15-16-42(50)55-3;1-27-20-12-17-18(13-21(20)28-10-6-2-5-9-23)24-14-16-11-15-7-3-4-8-19(15)25(16)22(17)26;1-29-19-10-15-17(11-18(19)25)23(20(26)7-8-21(27)30-2)12-14-9-13-5-3-4-6-16(13)24(14)22(15)28;2-1-4-3;;;/h5-8,11-14,21-26,29-30H,4,9-10,15-20H2,1-3H3;3-4,7-8,12-14,16H,2,5-6,9-11H2,1H3;3-6,10-11,14,25H,7-9,12H2,1-2H3;1,3H;;;/q+1;;;;2*+1;-1/p-1/t29-,30-;16-;14-;;;;/m000..../s1. The molecule has 0 aliphatic carbocycles. The fourth-order valence-corrected chi connectivity index (χ4v) is 16.4. The first-order chi connectivity index (χ1) is 57.9. The van der Waals surface area contributed by atoms with Crippen LogP contribution in [0.4, 0.5) is 45.5 Å². The number of para-hydroxylation sites is 4. The van der Waals surface area contributed by atoms with E-state index in [0.717, 1.165) is 69.6 Å². The number of hydrogen-bond donors (Lipinski definition) is 1. The number of rotatable bonds is 25. The van der Waals surface area contributed by atoms with Gasteiger partial charge in [-0.2, -0.15) is 0 Å². The van der Waals surface area contributed by atoms with Gasteiger partial charge in [-0.05, 0) is 114 Å². The molecule has 0 spiro atoms. The number of carbonyl (C=O) groups excluding carboxylic acids is 9. The number of ether oxygens (including phenoxy) is 9. The fourth-order valence-electron chi connectivity index (χ4n) is 15.8. The molecular weight excluding hydrogens is 1720 g/mol. The summed E-state index contributed by atoms with van der Waals surface area (Å²) < 4.78 is 52.4. The molecule has 29 nitrogen and oxygen atoms in total. The van der Waals surface area contributed by atoms with Crippen molar-refractivity contribution < 1.29 is 210 Å². The summed E-state index contributed by atoms with van der Waals surface area (Å²) in [5.74, 6) is 0.558. The Morgan fingerprint density at radius 3 is 1.34 bits per heavy atom. The molecule has 8 aromatic carbocycles. The topological polar surface area (TPSA) is 333 Å². The van der Waals surface area contributed by atoms with Crippen LogP contribution in [0.25, 0.3) is 0 Å². The molecule has 16 rings (SSSR count). The Balaban J connectivity index is 0.000000202. The molecule has 0 fully saturated rings. The van der Waals surface area contributed by atoms with Crippen molar-refractivity contribution in [2.45, 2.75) is 114 Å². The Bertz CT molecular complexity index is 5340. The monoisotopic (exact) mass is 1810 g/mol. The van der Waals surface area contributed by atoms with Gasteiger partial charge < -0.3 is 69.1 Å². The van der Waals surface area contributed by atoms with E-state index >= 15 is 0 Å². The quantitative estimate of drug-likeness (QED) is 0.00766. The summed E-state index contributed by atoms with van der Waals surface area (Å²) in [5.41, 5.74) is 11.2. The van der Waals surface area contributed by atoms with Gasteiger partial charge in [0.25, 0.3) is 30.1 Å². The van der Waals surface area contributed by atoms with Gasteiger partial charge in [-0.3, -0.25) is 63.0 Å². The van der Waals surface area contributed by atoms with Crippen LogP contribution in [-0.2, 0) is 64.0 Å². The minimum atomic E-state index is -0.497. The number of hydrogen-bond acceptors (Lipinski definition) is 23. The molecule has 8 aliphatic heterocycles. The largest absolute Gasteiger partial charge is 1.00 e. The van der Waals surface area contributed by atoms with Crippen LogP contribution < -0.4 is 166 Å². The smallest absolute Gasteiger partial charge is 1.00 e. The van der Waals surface area contributed by atoms with Gasteiger partial charge >= 0.3 is 121 Å². The van der Waals surface area contributed by atoms with Crippen molar-refractivity contribution in [2.75, 3.05) is 98.0 Å². The first-order valence-corrected chi connectivity index (χ1v) is 40.5. The number of fused-ring (bicyclic) bond motifs is 16. The van der Waals surface area contributed by atoms with E-state index in [1.165, 1.54) is 62.0 Å². The van der Waals surface area contributed by atoms with Gasteiger partial charge in [0, 0.05) is 91.7 Å². The second-order valence-corrected chi connectivity index (χ2v) is 29.7. The molecule has 8 aromatic rings. The van der Waals surface area contributed by atoms with Gasteiger partial charge in [0.05, 0.1) is 140 Å². The minimum Gasteiger partial charge on any atom is -1.00 e. The second kappa shape index (κ2) is 43.1. The Labute approximate surface area is 799 Å². The first-order valence-electron chi connectivity index (χ1n) is 39.0. The zero-order chi connectivity index (χ0) is 84.0. The maximum Gasteiger partial charge on any atom is 1.00 e. The maximum atomic E-state index is 14.2. The number of phenolic OH excluding ortho intramolecular Hbond substituents is 1. The Hall–Kier alpha value is -9.44. The third-order valence-corrected chi connectivity index (χ3v) is 22.3. The van der Waals surface area contributed by atoms with E-state index in [1.54, 1.807) is 65.5 Å². The molecule has 8 aliphatic rings. The number of phenols is 1. The zero-order valence-corrected chi connectivity index (χ0v) is 76.9. The summed E-state index contributed by atoms with van der Waals surface area (Å²) in [7, 11) is 8.61. The van der Waals surface area contributed by atoms with Crippen LogP contribution in [0, 0.1) is 0 Å². The second-order valence-electron chi connectivity index (χ2n) is 28.7. The zero-order valence-electron chi connectivity index (χ0n) is 69.5. The number of aliphatic imine (C=N–C) groups is 2. The SMILES string of the molecule is COC(=O)CCC(=O)N1C[C@@H]2Cc3ccccc3N2C(=O)c2cc(OC)c(O)cc21.COC(=O)CCC(=O)[N+]1=C[C@@H]2Cc3ccccc3N2C(=O)c2cc(OC)c(OCCCCCOc3cc4c(cc3OC)C(=O)N3c5ccccc5C[C@H]3C=N4)cc21.COc1cc2c(cc1OCCCCCI)N=C[C@@H]1Cc3ccccc3N1C2=O.O=CO[O-].[H-].[K+].[K+]. The third kappa shape index (κ3) is 20.4. The van der Waals surface area contributed by atoms with Crippen molar-refractivity contribution in [1.29, 1.82) is 0 Å². The Morgan fingerprint density at radius 2 is 0.876 bits per heavy atom. The summed E-state index contributed by atoms with van der Waals surface area (Å²) in [6.45, 7) is 1.44. The minimum absolute atomic E-state index is 0. The van der Waals surface area contributed by atoms with Gasteiger partial charge in [0.2, 0.25) is 11.6 Å². The fraction of sp³-hybridized carbons (Fsp3) is 0.326. The average Bonchev–Trinajstić information content (AvgIpc) is 1.61. The molecule has 0 saturated carbocycles. The molecule has 1 N–H and O–H groups in total. The summed E-state index contributed by atoms with van der Waals surface area (Å²) in [5, 5.41) is 18.7. The number of unbranched alkanes of at least 4 members (excludes halogenated alkanes) is 4. The maximum absolute atomic E-state index is 14.2. The van der Waals surface area contributed by atoms with Crippen LogP contribution in [0.1, 0.15) is 129 Å². The van der Waals surface area contributed by atoms with E-state index in [9.17, 15) is 43.5 Å². The molecule has 0 aromatic heterocycles. The van der Waals surface area contributed by atoms with E-state index in [2.05, 4.69) is 43.3 Å². The Morgan fingerprint density at radius 1 is 0.479 bits per heavy atom. The molecule has 32 heteroatoms. The van der Waals surface area contributed by atoms with Crippen LogP contribution in [0.2, 0.25) is 0 Å². The number of methoxy groups -OCH3 is 6. The van der Waals surface area contributed by atoms with Crippen LogP contribution in [0.15, 0.2) is 156 Å². The number of anilines is 5. The summed E-state index contributed by atoms with van der Waals surface area (Å²) in [4.78, 5) is 134. The predicted octanol–water partition coefficient (Wildman–Crippen LogP) is 6.19. The number of nitrogens with zero attached hydrogens (tertiary/aromatic N) is 8. The number of alkyl halides is 1. The number of carbonyl (C=O) groups is 9. The van der Waals surface area contributed by atoms with Crippen LogP contribution >= 0.6 is 22.6 Å². The predicted molar refractivity (Wildman–Crippen MR) is 450 cm³/mol. The van der Waals surface area contributed by atoms with Gasteiger partial charge in [0.15, 0.2) is 52.2 Å². The average molecular weight is 1810 g/mol. The van der Waals surface area contributed by atoms with Crippen molar-refractivity contribution in [3.05, 3.63) is 190 Å². The number of esters is 2. The van der Waals surface area contributed by atoms with E-state index in [1.807, 2.05) is 114 Å². The van der Waals surface area contributed by atoms with Crippen molar-refractivity contribution >= 4 is 141 Å². The van der Waals surface area contributed by atoms with Gasteiger partial charge in [-0.15, -0.1) is 4.58 Å². The number of aromatic hydroxyl groups is 1. The van der Waals surface area contributed by atoms with Crippen LogP contribution in [0.5, 0.6) is 46.0 Å². The van der Waals surface area contributed by atoms with Crippen molar-refractivity contribution in [3.63, 3.8) is 0 Å². The molecule has 620 valence electrons. The summed E-state index contributed by atoms with van der Waals surface area (Å²) in [6.07, 6.45) is 13.3. The van der Waals surface area contributed by atoms with E-state index in [0.29, 0.717) is 120 Å². The third-order valence-electron chi connectivity index (χ3n) is 21.6. The molecule has 121 heavy (non-hydrogen) atoms. The normalized spacial score (nSPS) is 16.4. The van der Waals surface area contributed by atoms with Crippen molar-refractivity contribution in [1.82, 2.24) is 0 Å². The van der Waals surface area contributed by atoms with Gasteiger partial charge in [0.1, 0.15) is 11.6 Å². The van der Waals surface area contributed by atoms with Crippen LogP contribution in [-0.4, -0.2) is 180 Å². The van der Waals surface area contributed by atoms with Gasteiger partial charge in [-0.25, -0.2) is 4.79 Å². The number of halogens is 1. The molecule has 0 bridgehead atoms. The van der Waals surface area contributed by atoms with Gasteiger partial charge in [-0.1, -0.05) is 95.4 Å². The summed E-state index contributed by atoms with van der Waals surface area (Å²) in [6, 6.07) is 43.6. The number of benzene rings is 8. The first kappa shape index (κ1) is 92.3. The summed E-state index contributed by atoms with van der Waals surface area (Å²) >= 11 is 2.39. The molecule has 0 saturated heterocycles. The molecular formula is C89H90IK2N8O21+. The Kier molecular flexibility index (Phi) is 32.8. The van der Waals surface area contributed by atoms with Crippen molar-refractivity contribution in [2.24, 2.45) is 9.98 Å².